The van der Waals surface area contributed by atoms with E-state index in [2.05, 4.69) is 178 Å². The van der Waals surface area contributed by atoms with Crippen molar-refractivity contribution in [2.24, 2.45) is 9.98 Å². The smallest absolute Gasteiger partial charge is 0.159 e. The first-order valence-electron chi connectivity index (χ1n) is 18.2. The minimum absolute atomic E-state index is 0.307. The van der Waals surface area contributed by atoms with Crippen LogP contribution in [-0.4, -0.2) is 25.8 Å². The normalized spacial score (nSPS) is 14.5. The number of rotatable bonds is 5. The van der Waals surface area contributed by atoms with Gasteiger partial charge in [0.05, 0.1) is 22.1 Å². The van der Waals surface area contributed by atoms with E-state index in [4.69, 9.17) is 15.0 Å². The third-order valence-electron chi connectivity index (χ3n) is 10.6. The van der Waals surface area contributed by atoms with Gasteiger partial charge in [-0.1, -0.05) is 121 Å². The Labute approximate surface area is 311 Å². The van der Waals surface area contributed by atoms with Crippen molar-refractivity contribution in [3.63, 3.8) is 0 Å². The molecule has 0 aliphatic carbocycles. The van der Waals surface area contributed by atoms with Crippen LogP contribution in [0.4, 0.5) is 0 Å². The summed E-state index contributed by atoms with van der Waals surface area (Å²) >= 11 is 0. The lowest BCUT2D eigenvalue weighted by Gasteiger charge is -2.24. The Morgan fingerprint density at radius 3 is 1.89 bits per heavy atom. The molecule has 1 aliphatic rings. The zero-order valence-corrected chi connectivity index (χ0v) is 29.1. The van der Waals surface area contributed by atoms with E-state index in [9.17, 15) is 0 Å². The fourth-order valence-corrected chi connectivity index (χ4v) is 8.08. The molecule has 6 heteroatoms. The van der Waals surface area contributed by atoms with Crippen LogP contribution in [0, 0.1) is 0 Å². The highest BCUT2D eigenvalue weighted by Crippen LogP contribution is 2.39. The highest BCUT2D eigenvalue weighted by molar-refractivity contribution is 6.19. The van der Waals surface area contributed by atoms with Gasteiger partial charge in [-0.05, 0) is 70.9 Å². The maximum absolute atomic E-state index is 5.18. The lowest BCUT2D eigenvalue weighted by atomic mass is 10.1. The van der Waals surface area contributed by atoms with Crippen molar-refractivity contribution in [3.8, 4) is 11.5 Å². The third kappa shape index (κ3) is 4.85. The number of benzene rings is 7. The fraction of sp³-hybridized carbons (Fsp3) is 0.0208. The lowest BCUT2D eigenvalue weighted by molar-refractivity contribution is 0.674. The molecule has 0 fully saturated rings. The van der Waals surface area contributed by atoms with E-state index in [-0.39, 0.29) is 6.17 Å². The van der Waals surface area contributed by atoms with Crippen LogP contribution in [0.1, 0.15) is 22.9 Å². The van der Waals surface area contributed by atoms with Crippen molar-refractivity contribution in [1.82, 2.24) is 19.4 Å². The van der Waals surface area contributed by atoms with Gasteiger partial charge in [0.1, 0.15) is 17.8 Å². The molecule has 0 amide bonds. The first-order chi connectivity index (χ1) is 26.8. The van der Waals surface area contributed by atoms with Gasteiger partial charge >= 0.3 is 0 Å². The minimum Gasteiger partial charge on any atom is -0.344 e. The van der Waals surface area contributed by atoms with Crippen LogP contribution in [-0.2, 0) is 0 Å². The Morgan fingerprint density at radius 1 is 0.463 bits per heavy atom. The predicted molar refractivity (Wildman–Crippen MR) is 222 cm³/mol. The zero-order chi connectivity index (χ0) is 35.6. The van der Waals surface area contributed by atoms with Crippen molar-refractivity contribution in [1.29, 1.82) is 0 Å². The van der Waals surface area contributed by atoms with Crippen LogP contribution in [0.15, 0.2) is 192 Å². The monoisotopic (exact) mass is 692 g/mol. The van der Waals surface area contributed by atoms with Crippen molar-refractivity contribution in [2.45, 2.75) is 6.17 Å². The fourth-order valence-electron chi connectivity index (χ4n) is 8.08. The number of aliphatic imine (C=N–C) groups is 2. The molecule has 1 N–H and O–H groups in total. The SMILES string of the molecule is c1ccc(C2N=C(c3ccc4ccccc4c3)N=C(c3ccnc(-n4c5ccccc5c5cc6c7ccccc7n(-c7ccccc7)c6cc54)c3)N2)cc1. The van der Waals surface area contributed by atoms with E-state index in [0.29, 0.717) is 5.84 Å². The van der Waals surface area contributed by atoms with Crippen molar-refractivity contribution < 1.29 is 0 Å². The number of para-hydroxylation sites is 3. The van der Waals surface area contributed by atoms with Gasteiger partial charge < -0.3 is 9.88 Å². The average Bonchev–Trinajstić information content (AvgIpc) is 3.75. The van der Waals surface area contributed by atoms with E-state index in [1.807, 2.05) is 18.3 Å². The molecule has 0 saturated heterocycles. The Morgan fingerprint density at radius 2 is 1.11 bits per heavy atom. The molecule has 7 aromatic carbocycles. The molecule has 1 aliphatic heterocycles. The number of hydrogen-bond donors (Lipinski definition) is 1. The third-order valence-corrected chi connectivity index (χ3v) is 10.6. The molecule has 0 spiro atoms. The van der Waals surface area contributed by atoms with Gasteiger partial charge in [-0.25, -0.2) is 15.0 Å². The number of aromatic nitrogens is 3. The van der Waals surface area contributed by atoms with Gasteiger partial charge in [-0.3, -0.25) is 4.57 Å². The van der Waals surface area contributed by atoms with Crippen molar-refractivity contribution in [2.75, 3.05) is 0 Å². The summed E-state index contributed by atoms with van der Waals surface area (Å²) < 4.78 is 4.66. The molecule has 0 radical (unpaired) electrons. The highest BCUT2D eigenvalue weighted by atomic mass is 15.2. The van der Waals surface area contributed by atoms with Gasteiger partial charge in [-0.15, -0.1) is 0 Å². The summed E-state index contributed by atoms with van der Waals surface area (Å²) in [6.07, 6.45) is 1.58. The van der Waals surface area contributed by atoms with E-state index in [0.717, 1.165) is 56.0 Å². The summed E-state index contributed by atoms with van der Waals surface area (Å²) in [5.41, 5.74) is 8.62. The highest BCUT2D eigenvalue weighted by Gasteiger charge is 2.23. The molecule has 54 heavy (non-hydrogen) atoms. The second-order valence-electron chi connectivity index (χ2n) is 13.8. The van der Waals surface area contributed by atoms with Gasteiger partial charge in [0.2, 0.25) is 0 Å². The lowest BCUT2D eigenvalue weighted by Crippen LogP contribution is -2.33. The van der Waals surface area contributed by atoms with E-state index >= 15 is 0 Å². The topological polar surface area (TPSA) is 59.5 Å². The molecule has 10 aromatic rings. The summed E-state index contributed by atoms with van der Waals surface area (Å²) in [4.78, 5) is 15.3. The summed E-state index contributed by atoms with van der Waals surface area (Å²) in [5.74, 6) is 2.25. The van der Waals surface area contributed by atoms with Crippen LogP contribution in [0.3, 0.4) is 0 Å². The molecule has 0 saturated carbocycles. The Hall–Kier alpha value is -7.31. The Balaban J connectivity index is 1.11. The molecule has 11 rings (SSSR count). The van der Waals surface area contributed by atoms with Gasteiger partial charge in [0.15, 0.2) is 5.84 Å². The number of hydrogen-bond acceptors (Lipinski definition) is 4. The van der Waals surface area contributed by atoms with Gasteiger partial charge in [0, 0.05) is 44.6 Å². The average molecular weight is 693 g/mol. The molecule has 0 bridgehead atoms. The summed E-state index contributed by atoms with van der Waals surface area (Å²) in [6, 6.07) is 61.9. The van der Waals surface area contributed by atoms with Crippen LogP contribution >= 0.6 is 0 Å². The van der Waals surface area contributed by atoms with E-state index < -0.39 is 0 Å². The first-order valence-corrected chi connectivity index (χ1v) is 18.2. The molecule has 254 valence electrons. The van der Waals surface area contributed by atoms with Crippen molar-refractivity contribution in [3.05, 3.63) is 199 Å². The first kappa shape index (κ1) is 30.3. The number of pyridine rings is 1. The molecule has 6 nitrogen and oxygen atoms in total. The van der Waals surface area contributed by atoms with Gasteiger partial charge in [-0.2, -0.15) is 0 Å². The Kier molecular flexibility index (Phi) is 6.82. The van der Waals surface area contributed by atoms with Crippen LogP contribution in [0.5, 0.6) is 0 Å². The van der Waals surface area contributed by atoms with Gasteiger partial charge in [0.25, 0.3) is 0 Å². The Bertz CT molecular complexity index is 3130. The zero-order valence-electron chi connectivity index (χ0n) is 29.1. The molecular weight excluding hydrogens is 661 g/mol. The van der Waals surface area contributed by atoms with E-state index in [1.165, 1.54) is 32.4 Å². The molecule has 1 atom stereocenters. The quantitative estimate of drug-likeness (QED) is 0.195. The second kappa shape index (κ2) is 12.1. The standard InChI is InChI=1S/C48H32N6/c1-3-14-32(15-4-1)46-50-47(34-24-23-31-13-7-8-16-33(31)27-34)52-48(51-46)35-25-26-49-45(28-35)54-42-22-12-10-20-38(42)40-29-39-37-19-9-11-21-41(37)53(43(39)30-44(40)54)36-17-5-2-6-18-36/h1-30,46H,(H,50,51,52). The molecule has 1 unspecified atom stereocenters. The summed E-state index contributed by atoms with van der Waals surface area (Å²) in [5, 5.41) is 10.8. The van der Waals surface area contributed by atoms with Crippen molar-refractivity contribution >= 4 is 66.1 Å². The minimum atomic E-state index is -0.307. The molecule has 4 heterocycles. The maximum Gasteiger partial charge on any atom is 0.159 e. The largest absolute Gasteiger partial charge is 0.344 e. The number of amidine groups is 2. The number of fused-ring (bicyclic) bond motifs is 7. The molecule has 3 aromatic heterocycles. The number of nitrogens with zero attached hydrogens (tertiary/aromatic N) is 5. The molecular formula is C48H32N6. The van der Waals surface area contributed by atoms with Crippen LogP contribution < -0.4 is 5.32 Å². The second-order valence-corrected chi connectivity index (χ2v) is 13.8. The maximum atomic E-state index is 5.18. The van der Waals surface area contributed by atoms with Crippen LogP contribution in [0.2, 0.25) is 0 Å². The number of nitrogens with one attached hydrogen (secondary N) is 1. The predicted octanol–water partition coefficient (Wildman–Crippen LogP) is 10.9. The summed E-state index contributed by atoms with van der Waals surface area (Å²) in [7, 11) is 0. The van der Waals surface area contributed by atoms with Crippen LogP contribution in [0.25, 0.3) is 65.9 Å². The van der Waals surface area contributed by atoms with E-state index in [1.54, 1.807) is 0 Å². The summed E-state index contributed by atoms with van der Waals surface area (Å²) in [6.45, 7) is 0.